The van der Waals surface area contributed by atoms with Crippen molar-refractivity contribution in [3.05, 3.63) is 29.3 Å². The average Bonchev–Trinajstić information content (AvgIpc) is 2.41. The highest BCUT2D eigenvalue weighted by Gasteiger charge is 2.16. The number of benzene rings is 1. The second-order valence-electron chi connectivity index (χ2n) is 4.50. The zero-order valence-electron chi connectivity index (χ0n) is 10.8. The Kier molecular flexibility index (Phi) is 4.01. The molecule has 0 unspecified atom stereocenters. The van der Waals surface area contributed by atoms with E-state index >= 15 is 0 Å². The van der Waals surface area contributed by atoms with Crippen LogP contribution in [0.4, 0.5) is 10.5 Å². The lowest BCUT2D eigenvalue weighted by atomic mass is 10.1. The van der Waals surface area contributed by atoms with Gasteiger partial charge in [-0.3, -0.25) is 0 Å². The number of carbonyl (C=O) groups excluding carboxylic acids is 1. The van der Waals surface area contributed by atoms with Crippen LogP contribution in [0.1, 0.15) is 15.9 Å². The van der Waals surface area contributed by atoms with E-state index in [1.165, 1.54) is 6.07 Å². The highest BCUT2D eigenvalue weighted by molar-refractivity contribution is 5.94. The van der Waals surface area contributed by atoms with Crippen molar-refractivity contribution in [1.29, 1.82) is 0 Å². The fourth-order valence-corrected chi connectivity index (χ4v) is 2.00. The molecule has 0 aliphatic carbocycles. The number of carbonyl (C=O) groups is 2. The predicted molar refractivity (Wildman–Crippen MR) is 71.6 cm³/mol. The van der Waals surface area contributed by atoms with Gasteiger partial charge in [-0.15, -0.1) is 0 Å². The number of piperazine rings is 1. The lowest BCUT2D eigenvalue weighted by Gasteiger charge is -2.27. The molecular formula is C13H17N3O3. The molecule has 0 bridgehead atoms. The summed E-state index contributed by atoms with van der Waals surface area (Å²) in [6.45, 7) is 4.60. The number of aromatic carboxylic acids is 1. The van der Waals surface area contributed by atoms with Crippen molar-refractivity contribution < 1.29 is 14.7 Å². The molecule has 0 aromatic heterocycles. The number of anilines is 1. The number of hydrogen-bond acceptors (Lipinski definition) is 3. The van der Waals surface area contributed by atoms with Crippen LogP contribution in [0.25, 0.3) is 0 Å². The monoisotopic (exact) mass is 263 g/mol. The number of urea groups is 1. The van der Waals surface area contributed by atoms with E-state index in [9.17, 15) is 9.59 Å². The summed E-state index contributed by atoms with van der Waals surface area (Å²) in [5, 5.41) is 14.9. The molecule has 1 aromatic carbocycles. The predicted octanol–water partition coefficient (Wildman–Crippen LogP) is 1.13. The lowest BCUT2D eigenvalue weighted by Crippen LogP contribution is -2.48. The van der Waals surface area contributed by atoms with Gasteiger partial charge in [-0.25, -0.2) is 9.59 Å². The Hall–Kier alpha value is -2.08. The van der Waals surface area contributed by atoms with Gasteiger partial charge in [-0.1, -0.05) is 6.07 Å². The van der Waals surface area contributed by atoms with Gasteiger partial charge in [0.2, 0.25) is 0 Å². The first-order valence-electron chi connectivity index (χ1n) is 6.18. The van der Waals surface area contributed by atoms with Crippen LogP contribution < -0.4 is 10.6 Å². The van der Waals surface area contributed by atoms with Crippen LogP contribution in [0.5, 0.6) is 0 Å². The van der Waals surface area contributed by atoms with Crippen molar-refractivity contribution in [2.24, 2.45) is 0 Å². The molecule has 1 heterocycles. The summed E-state index contributed by atoms with van der Waals surface area (Å²) in [4.78, 5) is 24.7. The highest BCUT2D eigenvalue weighted by atomic mass is 16.4. The van der Waals surface area contributed by atoms with Crippen LogP contribution >= 0.6 is 0 Å². The lowest BCUT2D eigenvalue weighted by molar-refractivity contribution is 0.0696. The van der Waals surface area contributed by atoms with Gasteiger partial charge in [0.25, 0.3) is 0 Å². The van der Waals surface area contributed by atoms with Crippen molar-refractivity contribution in [2.75, 3.05) is 31.5 Å². The third kappa shape index (κ3) is 3.23. The quantitative estimate of drug-likeness (QED) is 0.747. The number of carboxylic acid groups (broad SMARTS) is 1. The summed E-state index contributed by atoms with van der Waals surface area (Å²) >= 11 is 0. The van der Waals surface area contributed by atoms with E-state index in [4.69, 9.17) is 5.11 Å². The number of carboxylic acids is 1. The van der Waals surface area contributed by atoms with Gasteiger partial charge in [0.1, 0.15) is 0 Å². The molecule has 1 aromatic rings. The first-order valence-corrected chi connectivity index (χ1v) is 6.18. The Morgan fingerprint density at radius 2 is 2.00 bits per heavy atom. The topological polar surface area (TPSA) is 81.7 Å². The number of hydrogen-bond donors (Lipinski definition) is 3. The van der Waals surface area contributed by atoms with E-state index in [-0.39, 0.29) is 11.6 Å². The maximum absolute atomic E-state index is 12.0. The molecule has 102 valence electrons. The zero-order valence-corrected chi connectivity index (χ0v) is 10.8. The largest absolute Gasteiger partial charge is 0.478 e. The summed E-state index contributed by atoms with van der Waals surface area (Å²) < 4.78 is 0. The smallest absolute Gasteiger partial charge is 0.336 e. The number of nitrogens with zero attached hydrogens (tertiary/aromatic N) is 1. The Labute approximate surface area is 111 Å². The molecule has 1 fully saturated rings. The molecule has 1 aliphatic rings. The molecule has 6 nitrogen and oxygen atoms in total. The van der Waals surface area contributed by atoms with Crippen molar-refractivity contribution in [1.82, 2.24) is 10.2 Å². The van der Waals surface area contributed by atoms with Gasteiger partial charge in [0, 0.05) is 31.9 Å². The number of amides is 2. The number of nitrogens with one attached hydrogen (secondary N) is 2. The Balaban J connectivity index is 2.08. The Morgan fingerprint density at radius 3 is 2.63 bits per heavy atom. The van der Waals surface area contributed by atoms with Gasteiger partial charge in [-0.05, 0) is 24.6 Å². The van der Waals surface area contributed by atoms with Crippen LogP contribution in [0.2, 0.25) is 0 Å². The standard InChI is InChI=1S/C13H17N3O3/c1-9-2-3-10(8-11(9)12(17)18)15-13(19)16-6-4-14-5-7-16/h2-3,8,14H,4-7H2,1H3,(H,15,19)(H,17,18). The van der Waals surface area contributed by atoms with E-state index < -0.39 is 5.97 Å². The molecule has 3 N–H and O–H groups in total. The minimum absolute atomic E-state index is 0.193. The van der Waals surface area contributed by atoms with Gasteiger partial charge in [0.05, 0.1) is 5.56 Å². The van der Waals surface area contributed by atoms with E-state index in [0.29, 0.717) is 24.3 Å². The molecule has 0 radical (unpaired) electrons. The van der Waals surface area contributed by atoms with Gasteiger partial charge in [0.15, 0.2) is 0 Å². The SMILES string of the molecule is Cc1ccc(NC(=O)N2CCNCC2)cc1C(=O)O. The van der Waals surface area contributed by atoms with E-state index in [1.54, 1.807) is 24.0 Å². The number of rotatable bonds is 2. The molecule has 1 aliphatic heterocycles. The number of aryl methyl sites for hydroxylation is 1. The van der Waals surface area contributed by atoms with Gasteiger partial charge >= 0.3 is 12.0 Å². The third-order valence-electron chi connectivity index (χ3n) is 3.12. The van der Waals surface area contributed by atoms with Gasteiger partial charge in [-0.2, -0.15) is 0 Å². The summed E-state index contributed by atoms with van der Waals surface area (Å²) in [6.07, 6.45) is 0. The molecule has 0 saturated carbocycles. The van der Waals surface area contributed by atoms with Crippen molar-refractivity contribution in [3.63, 3.8) is 0 Å². The molecule has 19 heavy (non-hydrogen) atoms. The van der Waals surface area contributed by atoms with Crippen molar-refractivity contribution in [3.8, 4) is 0 Å². The fraction of sp³-hybridized carbons (Fsp3) is 0.385. The third-order valence-corrected chi connectivity index (χ3v) is 3.12. The molecule has 0 atom stereocenters. The molecular weight excluding hydrogens is 246 g/mol. The first kappa shape index (κ1) is 13.4. The minimum Gasteiger partial charge on any atom is -0.478 e. The summed E-state index contributed by atoms with van der Waals surface area (Å²) in [7, 11) is 0. The van der Waals surface area contributed by atoms with Crippen LogP contribution in [-0.4, -0.2) is 48.2 Å². The van der Waals surface area contributed by atoms with Crippen LogP contribution in [0, 0.1) is 6.92 Å². The first-order chi connectivity index (χ1) is 9.08. The van der Waals surface area contributed by atoms with Crippen LogP contribution in [0.15, 0.2) is 18.2 Å². The van der Waals surface area contributed by atoms with E-state index in [2.05, 4.69) is 10.6 Å². The molecule has 0 spiro atoms. The van der Waals surface area contributed by atoms with E-state index in [0.717, 1.165) is 13.1 Å². The Morgan fingerprint density at radius 1 is 1.32 bits per heavy atom. The molecule has 2 rings (SSSR count). The Bertz CT molecular complexity index is 496. The fourth-order valence-electron chi connectivity index (χ4n) is 2.00. The van der Waals surface area contributed by atoms with Gasteiger partial charge < -0.3 is 20.6 Å². The highest BCUT2D eigenvalue weighted by Crippen LogP contribution is 2.16. The molecule has 2 amide bonds. The average molecular weight is 263 g/mol. The van der Waals surface area contributed by atoms with Crippen molar-refractivity contribution in [2.45, 2.75) is 6.92 Å². The maximum atomic E-state index is 12.0. The minimum atomic E-state index is -0.990. The summed E-state index contributed by atoms with van der Waals surface area (Å²) in [5.74, 6) is -0.990. The zero-order chi connectivity index (χ0) is 13.8. The van der Waals surface area contributed by atoms with Crippen LogP contribution in [-0.2, 0) is 0 Å². The van der Waals surface area contributed by atoms with E-state index in [1.807, 2.05) is 0 Å². The summed E-state index contributed by atoms with van der Waals surface area (Å²) in [6, 6.07) is 4.69. The molecule has 6 heteroatoms. The molecule has 1 saturated heterocycles. The summed E-state index contributed by atoms with van der Waals surface area (Å²) in [5.41, 5.74) is 1.39. The normalized spacial score (nSPS) is 15.1. The second kappa shape index (κ2) is 5.71. The second-order valence-corrected chi connectivity index (χ2v) is 4.50. The van der Waals surface area contributed by atoms with Crippen LogP contribution in [0.3, 0.4) is 0 Å². The maximum Gasteiger partial charge on any atom is 0.336 e. The van der Waals surface area contributed by atoms with Crippen molar-refractivity contribution >= 4 is 17.7 Å².